The van der Waals surface area contributed by atoms with Gasteiger partial charge in [0, 0.05) is 10.2 Å². The van der Waals surface area contributed by atoms with Gasteiger partial charge >= 0.3 is 0 Å². The number of aromatic nitrogens is 2. The number of carbonyl (C=O) groups excluding carboxylic acids is 1. The minimum absolute atomic E-state index is 0.155. The molecule has 2 aromatic carbocycles. The maximum atomic E-state index is 12.1. The molecule has 1 aromatic heterocycles. The Morgan fingerprint density at radius 2 is 2.08 bits per heavy atom. The van der Waals surface area contributed by atoms with Crippen LogP contribution in [0.2, 0.25) is 0 Å². The Morgan fingerprint density at radius 1 is 1.29 bits per heavy atom. The number of anilines is 1. The number of halogens is 1. The summed E-state index contributed by atoms with van der Waals surface area (Å²) in [6.45, 7) is 1.96. The molecule has 24 heavy (non-hydrogen) atoms. The van der Waals surface area contributed by atoms with Gasteiger partial charge in [0.05, 0.1) is 16.7 Å². The molecular weight excluding hydrogens is 390 g/mol. The van der Waals surface area contributed by atoms with Crippen LogP contribution in [0.25, 0.3) is 10.9 Å². The second-order valence-electron chi connectivity index (χ2n) is 5.19. The Hall–Kier alpha value is -2.12. The number of aromatic amines is 1. The van der Waals surface area contributed by atoms with Gasteiger partial charge in [-0.1, -0.05) is 39.8 Å². The van der Waals surface area contributed by atoms with Gasteiger partial charge in [0.1, 0.15) is 0 Å². The number of para-hydroxylation sites is 1. The fraction of sp³-hybridized carbons (Fsp3) is 0.118. The number of carbonyl (C=O) groups is 1. The number of H-pyrrole nitrogens is 1. The minimum atomic E-state index is -0.202. The molecule has 0 unspecified atom stereocenters. The molecular formula is C17H14BrN3O2S. The van der Waals surface area contributed by atoms with Gasteiger partial charge in [0.15, 0.2) is 5.16 Å². The normalized spacial score (nSPS) is 10.8. The van der Waals surface area contributed by atoms with E-state index in [1.807, 2.05) is 31.2 Å². The number of nitrogens with zero attached hydrogens (tertiary/aromatic N) is 1. The summed E-state index contributed by atoms with van der Waals surface area (Å²) in [5.74, 6) is 0.00802. The topological polar surface area (TPSA) is 74.8 Å². The summed E-state index contributed by atoms with van der Waals surface area (Å²) < 4.78 is 0.993. The third-order valence-corrected chi connectivity index (χ3v) is 5.14. The smallest absolute Gasteiger partial charge is 0.259 e. The highest BCUT2D eigenvalue weighted by Gasteiger charge is 2.08. The van der Waals surface area contributed by atoms with E-state index in [1.54, 1.807) is 18.2 Å². The molecule has 0 aliphatic carbocycles. The number of nitrogens with one attached hydrogen (secondary N) is 2. The van der Waals surface area contributed by atoms with Crippen molar-refractivity contribution in [3.8, 4) is 0 Å². The molecule has 5 nitrogen and oxygen atoms in total. The van der Waals surface area contributed by atoms with Crippen molar-refractivity contribution in [2.24, 2.45) is 0 Å². The van der Waals surface area contributed by atoms with Crippen molar-refractivity contribution in [1.82, 2.24) is 9.97 Å². The minimum Gasteiger partial charge on any atom is -0.325 e. The predicted octanol–water partition coefficient (Wildman–Crippen LogP) is 3.72. The Kier molecular flexibility index (Phi) is 5.01. The number of fused-ring (bicyclic) bond motifs is 1. The maximum Gasteiger partial charge on any atom is 0.259 e. The van der Waals surface area contributed by atoms with Gasteiger partial charge in [-0.15, -0.1) is 0 Å². The van der Waals surface area contributed by atoms with Crippen LogP contribution >= 0.6 is 27.7 Å². The van der Waals surface area contributed by atoms with Crippen LogP contribution in [0.1, 0.15) is 5.56 Å². The third-order valence-electron chi connectivity index (χ3n) is 3.37. The molecule has 122 valence electrons. The van der Waals surface area contributed by atoms with Gasteiger partial charge in [0.2, 0.25) is 5.91 Å². The van der Waals surface area contributed by atoms with E-state index in [0.29, 0.717) is 16.1 Å². The summed E-state index contributed by atoms with van der Waals surface area (Å²) in [4.78, 5) is 31.1. The Balaban J connectivity index is 1.68. The summed E-state index contributed by atoms with van der Waals surface area (Å²) in [7, 11) is 0. The Bertz CT molecular complexity index is 971. The zero-order chi connectivity index (χ0) is 17.1. The van der Waals surface area contributed by atoms with Crippen LogP contribution in [0, 0.1) is 6.92 Å². The van der Waals surface area contributed by atoms with Gasteiger partial charge in [-0.25, -0.2) is 4.98 Å². The highest BCUT2D eigenvalue weighted by Crippen LogP contribution is 2.20. The first-order valence-corrected chi connectivity index (χ1v) is 8.98. The molecule has 0 saturated carbocycles. The Labute approximate surface area is 151 Å². The van der Waals surface area contributed by atoms with E-state index in [1.165, 1.54) is 11.8 Å². The lowest BCUT2D eigenvalue weighted by atomic mass is 10.2. The molecule has 0 bridgehead atoms. The number of hydrogen-bond donors (Lipinski definition) is 2. The van der Waals surface area contributed by atoms with Crippen LogP contribution in [0.5, 0.6) is 0 Å². The summed E-state index contributed by atoms with van der Waals surface area (Å²) in [5.41, 5.74) is 2.20. The highest BCUT2D eigenvalue weighted by atomic mass is 79.9. The largest absolute Gasteiger partial charge is 0.325 e. The fourth-order valence-corrected chi connectivity index (χ4v) is 3.10. The van der Waals surface area contributed by atoms with E-state index in [2.05, 4.69) is 31.2 Å². The van der Waals surface area contributed by atoms with E-state index in [9.17, 15) is 9.59 Å². The van der Waals surface area contributed by atoms with Crippen molar-refractivity contribution in [2.45, 2.75) is 12.1 Å². The van der Waals surface area contributed by atoms with Gasteiger partial charge < -0.3 is 10.3 Å². The maximum absolute atomic E-state index is 12.1. The molecule has 1 amide bonds. The number of hydrogen-bond acceptors (Lipinski definition) is 4. The lowest BCUT2D eigenvalue weighted by Gasteiger charge is -2.07. The standard InChI is InChI=1S/C17H14BrN3O2S/c1-10-8-11(6-7-13(10)18)19-15(22)9-24-17-20-14-5-3-2-4-12(14)16(23)21-17/h2-8H,9H2,1H3,(H,19,22)(H,20,21,23). The zero-order valence-corrected chi connectivity index (χ0v) is 15.2. The van der Waals surface area contributed by atoms with Crippen LogP contribution in [0.4, 0.5) is 5.69 Å². The summed E-state index contributed by atoms with van der Waals surface area (Å²) >= 11 is 4.62. The van der Waals surface area contributed by atoms with Gasteiger partial charge in [-0.05, 0) is 42.8 Å². The van der Waals surface area contributed by atoms with Gasteiger partial charge in [0.25, 0.3) is 5.56 Å². The summed E-state index contributed by atoms with van der Waals surface area (Å²) in [6, 6.07) is 12.7. The predicted molar refractivity (Wildman–Crippen MR) is 101 cm³/mol. The van der Waals surface area contributed by atoms with Crippen molar-refractivity contribution in [3.05, 3.63) is 62.9 Å². The second kappa shape index (κ2) is 7.19. The molecule has 0 aliphatic heterocycles. The van der Waals surface area contributed by atoms with E-state index in [-0.39, 0.29) is 17.2 Å². The molecule has 0 radical (unpaired) electrons. The second-order valence-corrected chi connectivity index (χ2v) is 7.01. The van der Waals surface area contributed by atoms with Crippen LogP contribution in [-0.4, -0.2) is 21.6 Å². The Morgan fingerprint density at radius 3 is 2.88 bits per heavy atom. The number of rotatable bonds is 4. The molecule has 0 saturated heterocycles. The van der Waals surface area contributed by atoms with E-state index in [0.717, 1.165) is 15.7 Å². The lowest BCUT2D eigenvalue weighted by Crippen LogP contribution is -2.15. The molecule has 0 fully saturated rings. The third kappa shape index (κ3) is 3.85. The molecule has 3 rings (SSSR count). The van der Waals surface area contributed by atoms with E-state index < -0.39 is 0 Å². The van der Waals surface area contributed by atoms with Crippen molar-refractivity contribution in [1.29, 1.82) is 0 Å². The molecule has 0 aliphatic rings. The van der Waals surface area contributed by atoms with Crippen LogP contribution in [0.3, 0.4) is 0 Å². The molecule has 3 aromatic rings. The van der Waals surface area contributed by atoms with Crippen molar-refractivity contribution in [2.75, 3.05) is 11.1 Å². The SMILES string of the molecule is Cc1cc(NC(=O)CSc2nc3ccccc3c(=O)[nH]2)ccc1Br. The first kappa shape index (κ1) is 16.7. The number of aryl methyl sites for hydroxylation is 1. The quantitative estimate of drug-likeness (QED) is 0.514. The summed E-state index contributed by atoms with van der Waals surface area (Å²) in [6.07, 6.45) is 0. The molecule has 1 heterocycles. The fourth-order valence-electron chi connectivity index (χ4n) is 2.19. The van der Waals surface area contributed by atoms with Crippen LogP contribution < -0.4 is 10.9 Å². The monoisotopic (exact) mass is 403 g/mol. The van der Waals surface area contributed by atoms with Crippen LogP contribution in [-0.2, 0) is 4.79 Å². The van der Waals surface area contributed by atoms with Crippen molar-refractivity contribution in [3.63, 3.8) is 0 Å². The lowest BCUT2D eigenvalue weighted by molar-refractivity contribution is -0.113. The molecule has 0 spiro atoms. The van der Waals surface area contributed by atoms with E-state index in [4.69, 9.17) is 0 Å². The number of amides is 1. The molecule has 2 N–H and O–H groups in total. The van der Waals surface area contributed by atoms with Crippen LogP contribution in [0.15, 0.2) is 56.9 Å². The zero-order valence-electron chi connectivity index (χ0n) is 12.8. The number of thioether (sulfide) groups is 1. The van der Waals surface area contributed by atoms with E-state index >= 15 is 0 Å². The number of benzene rings is 2. The van der Waals surface area contributed by atoms with Crippen molar-refractivity contribution < 1.29 is 4.79 Å². The summed E-state index contributed by atoms with van der Waals surface area (Å²) in [5, 5.41) is 3.80. The molecule has 0 atom stereocenters. The first-order chi connectivity index (χ1) is 11.5. The first-order valence-electron chi connectivity index (χ1n) is 7.21. The van der Waals surface area contributed by atoms with Gasteiger partial charge in [-0.2, -0.15) is 0 Å². The average Bonchev–Trinajstić information content (AvgIpc) is 2.56. The average molecular weight is 404 g/mol. The van der Waals surface area contributed by atoms with Crippen molar-refractivity contribution >= 4 is 50.2 Å². The highest BCUT2D eigenvalue weighted by molar-refractivity contribution is 9.10. The van der Waals surface area contributed by atoms with Gasteiger partial charge in [-0.3, -0.25) is 9.59 Å². The molecule has 7 heteroatoms.